The lowest BCUT2D eigenvalue weighted by Gasteiger charge is -2.25. The van der Waals surface area contributed by atoms with Crippen molar-refractivity contribution < 1.29 is 13.2 Å². The standard InChI is InChI=1S/C19H24N2O3S2/c1-13-11-14(2)16(4)19(15(13)3)25-18-6-5-17(12-20-18)26(22,23)21-7-9-24-10-8-21/h5-6,11-12H,7-10H2,1-4H3. The summed E-state index contributed by atoms with van der Waals surface area (Å²) in [6.07, 6.45) is 1.46. The van der Waals surface area contributed by atoms with Crippen LogP contribution in [-0.4, -0.2) is 44.0 Å². The molecule has 7 heteroatoms. The van der Waals surface area contributed by atoms with Gasteiger partial charge in [0.05, 0.1) is 13.2 Å². The zero-order valence-electron chi connectivity index (χ0n) is 15.6. The molecule has 0 aliphatic carbocycles. The van der Waals surface area contributed by atoms with Gasteiger partial charge in [-0.25, -0.2) is 13.4 Å². The second kappa shape index (κ2) is 7.68. The maximum Gasteiger partial charge on any atom is 0.244 e. The lowest BCUT2D eigenvalue weighted by atomic mass is 10.0. The van der Waals surface area contributed by atoms with Crippen molar-refractivity contribution >= 4 is 21.8 Å². The average Bonchev–Trinajstić information content (AvgIpc) is 2.65. The van der Waals surface area contributed by atoms with Crippen molar-refractivity contribution in [2.24, 2.45) is 0 Å². The van der Waals surface area contributed by atoms with Gasteiger partial charge in [-0.1, -0.05) is 17.8 Å². The summed E-state index contributed by atoms with van der Waals surface area (Å²) in [4.78, 5) is 5.83. The number of ether oxygens (including phenoxy) is 1. The van der Waals surface area contributed by atoms with Gasteiger partial charge in [-0.3, -0.25) is 0 Å². The highest BCUT2D eigenvalue weighted by Crippen LogP contribution is 2.35. The van der Waals surface area contributed by atoms with Gasteiger partial charge in [-0.15, -0.1) is 0 Å². The third-order valence-corrected chi connectivity index (χ3v) is 7.97. The van der Waals surface area contributed by atoms with Crippen LogP contribution < -0.4 is 0 Å². The van der Waals surface area contributed by atoms with E-state index in [2.05, 4.69) is 38.7 Å². The Kier molecular flexibility index (Phi) is 5.72. The van der Waals surface area contributed by atoms with Crippen molar-refractivity contribution in [1.29, 1.82) is 0 Å². The topological polar surface area (TPSA) is 59.5 Å². The molecule has 0 atom stereocenters. The minimum Gasteiger partial charge on any atom is -0.379 e. The third kappa shape index (κ3) is 3.81. The Bertz CT molecular complexity index is 877. The molecular weight excluding hydrogens is 368 g/mol. The molecule has 2 aromatic rings. The van der Waals surface area contributed by atoms with E-state index >= 15 is 0 Å². The van der Waals surface area contributed by atoms with E-state index in [-0.39, 0.29) is 4.90 Å². The summed E-state index contributed by atoms with van der Waals surface area (Å²) in [7, 11) is -3.50. The highest BCUT2D eigenvalue weighted by molar-refractivity contribution is 7.99. The molecule has 2 heterocycles. The first-order valence-corrected chi connectivity index (χ1v) is 10.9. The lowest BCUT2D eigenvalue weighted by molar-refractivity contribution is 0.0730. The lowest BCUT2D eigenvalue weighted by Crippen LogP contribution is -2.40. The van der Waals surface area contributed by atoms with E-state index in [0.717, 1.165) is 5.03 Å². The van der Waals surface area contributed by atoms with Crippen LogP contribution in [0, 0.1) is 27.7 Å². The number of rotatable bonds is 4. The van der Waals surface area contributed by atoms with Crippen LogP contribution in [0.2, 0.25) is 0 Å². The summed E-state index contributed by atoms with van der Waals surface area (Å²) < 4.78 is 32.0. The predicted octanol–water partition coefficient (Wildman–Crippen LogP) is 3.49. The van der Waals surface area contributed by atoms with E-state index in [1.807, 2.05) is 0 Å². The van der Waals surface area contributed by atoms with E-state index in [9.17, 15) is 8.42 Å². The SMILES string of the molecule is Cc1cc(C)c(C)c(Sc2ccc(S(=O)(=O)N3CCOCC3)cn2)c1C. The summed E-state index contributed by atoms with van der Waals surface area (Å²) in [6, 6.07) is 5.63. The molecule has 0 spiro atoms. The zero-order valence-corrected chi connectivity index (χ0v) is 17.2. The molecule has 0 bridgehead atoms. The molecule has 1 saturated heterocycles. The Hall–Kier alpha value is -1.41. The molecule has 0 saturated carbocycles. The summed E-state index contributed by atoms with van der Waals surface area (Å²) in [5.41, 5.74) is 4.99. The fourth-order valence-electron chi connectivity index (χ4n) is 2.95. The average molecular weight is 393 g/mol. The highest BCUT2D eigenvalue weighted by atomic mass is 32.2. The molecule has 1 fully saturated rings. The molecular formula is C19H24N2O3S2. The van der Waals surface area contributed by atoms with E-state index in [0.29, 0.717) is 26.3 Å². The molecule has 5 nitrogen and oxygen atoms in total. The van der Waals surface area contributed by atoms with Crippen LogP contribution in [0.5, 0.6) is 0 Å². The van der Waals surface area contributed by atoms with Gasteiger partial charge in [-0.05, 0) is 62.1 Å². The van der Waals surface area contributed by atoms with Crippen LogP contribution in [-0.2, 0) is 14.8 Å². The predicted molar refractivity (Wildman–Crippen MR) is 103 cm³/mol. The number of benzene rings is 1. The second-order valence-electron chi connectivity index (χ2n) is 6.54. The summed E-state index contributed by atoms with van der Waals surface area (Å²) >= 11 is 1.58. The van der Waals surface area contributed by atoms with Crippen molar-refractivity contribution in [3.05, 3.63) is 46.6 Å². The first-order valence-electron chi connectivity index (χ1n) is 8.60. The van der Waals surface area contributed by atoms with E-state index in [1.54, 1.807) is 23.9 Å². The molecule has 0 amide bonds. The molecule has 3 rings (SSSR count). The van der Waals surface area contributed by atoms with Crippen molar-refractivity contribution in [3.63, 3.8) is 0 Å². The van der Waals surface area contributed by atoms with Crippen LogP contribution in [0.4, 0.5) is 0 Å². The zero-order chi connectivity index (χ0) is 18.9. The number of nitrogens with zero attached hydrogens (tertiary/aromatic N) is 2. The number of hydrogen-bond acceptors (Lipinski definition) is 5. The second-order valence-corrected chi connectivity index (χ2v) is 9.51. The van der Waals surface area contributed by atoms with Gasteiger partial charge < -0.3 is 4.74 Å². The Balaban J connectivity index is 1.85. The van der Waals surface area contributed by atoms with Crippen LogP contribution >= 0.6 is 11.8 Å². The van der Waals surface area contributed by atoms with Gasteiger partial charge in [0.1, 0.15) is 9.92 Å². The summed E-state index contributed by atoms with van der Waals surface area (Å²) in [5, 5.41) is 0.794. The monoisotopic (exact) mass is 392 g/mol. The molecule has 0 unspecified atom stereocenters. The van der Waals surface area contributed by atoms with Gasteiger partial charge in [0, 0.05) is 24.2 Å². The van der Waals surface area contributed by atoms with E-state index in [4.69, 9.17) is 4.74 Å². The van der Waals surface area contributed by atoms with Crippen molar-refractivity contribution in [2.75, 3.05) is 26.3 Å². The van der Waals surface area contributed by atoms with Crippen molar-refractivity contribution in [1.82, 2.24) is 9.29 Å². The molecule has 140 valence electrons. The summed E-state index contributed by atoms with van der Waals surface area (Å²) in [6.45, 7) is 10.1. The largest absolute Gasteiger partial charge is 0.379 e. The Morgan fingerprint density at radius 1 is 1.04 bits per heavy atom. The Morgan fingerprint density at radius 3 is 2.19 bits per heavy atom. The van der Waals surface area contributed by atoms with Crippen LogP contribution in [0.1, 0.15) is 22.3 Å². The smallest absolute Gasteiger partial charge is 0.244 e. The number of hydrogen-bond donors (Lipinski definition) is 0. The van der Waals surface area contributed by atoms with Crippen molar-refractivity contribution in [2.45, 2.75) is 42.5 Å². The van der Waals surface area contributed by atoms with E-state index < -0.39 is 10.0 Å². The van der Waals surface area contributed by atoms with Gasteiger partial charge >= 0.3 is 0 Å². The van der Waals surface area contributed by atoms with Gasteiger partial charge in [0.15, 0.2) is 0 Å². The number of aromatic nitrogens is 1. The third-order valence-electron chi connectivity index (χ3n) is 4.82. The number of aryl methyl sites for hydroxylation is 2. The van der Waals surface area contributed by atoms with Gasteiger partial charge in [-0.2, -0.15) is 4.31 Å². The number of pyridine rings is 1. The van der Waals surface area contributed by atoms with Crippen molar-refractivity contribution in [3.8, 4) is 0 Å². The quantitative estimate of drug-likeness (QED) is 0.797. The highest BCUT2D eigenvalue weighted by Gasteiger charge is 2.26. The first-order chi connectivity index (χ1) is 12.3. The molecule has 1 aromatic heterocycles. The first kappa shape index (κ1) is 19.4. The fourth-order valence-corrected chi connectivity index (χ4v) is 5.39. The maximum atomic E-state index is 12.7. The minimum absolute atomic E-state index is 0.234. The van der Waals surface area contributed by atoms with Gasteiger partial charge in [0.2, 0.25) is 10.0 Å². The number of morpholine rings is 1. The Morgan fingerprint density at radius 2 is 1.65 bits per heavy atom. The molecule has 26 heavy (non-hydrogen) atoms. The van der Waals surface area contributed by atoms with Crippen LogP contribution in [0.25, 0.3) is 0 Å². The molecule has 0 radical (unpaired) electrons. The number of sulfonamides is 1. The maximum absolute atomic E-state index is 12.7. The fraction of sp³-hybridized carbons (Fsp3) is 0.421. The molecule has 1 aliphatic heterocycles. The Labute approximate surface area is 159 Å². The molecule has 1 aliphatic rings. The molecule has 0 N–H and O–H groups in total. The molecule has 1 aromatic carbocycles. The van der Waals surface area contributed by atoms with Crippen LogP contribution in [0.3, 0.4) is 0 Å². The van der Waals surface area contributed by atoms with Crippen LogP contribution in [0.15, 0.2) is 39.2 Å². The van der Waals surface area contributed by atoms with E-state index in [1.165, 1.54) is 37.7 Å². The normalized spacial score (nSPS) is 16.0. The minimum atomic E-state index is -3.50. The summed E-state index contributed by atoms with van der Waals surface area (Å²) in [5.74, 6) is 0. The van der Waals surface area contributed by atoms with Gasteiger partial charge in [0.25, 0.3) is 0 Å².